The smallest absolute Gasteiger partial charge is 0.323 e. The number of ether oxygens (including phenoxy) is 1. The lowest BCUT2D eigenvalue weighted by Crippen LogP contribution is -2.41. The van der Waals surface area contributed by atoms with Gasteiger partial charge in [-0.15, -0.1) is 0 Å². The Kier molecular flexibility index (Phi) is 7.69. The second-order valence-corrected chi connectivity index (χ2v) is 2.75. The van der Waals surface area contributed by atoms with E-state index in [1.54, 1.807) is 0 Å². The Balaban J connectivity index is 0.000000671. The van der Waals surface area contributed by atoms with Crippen molar-refractivity contribution in [2.45, 2.75) is 46.1 Å². The number of esters is 1. The molecular weight excluding hydrogens is 166 g/mol. The molecule has 1 fully saturated rings. The van der Waals surface area contributed by atoms with E-state index in [1.165, 1.54) is 6.42 Å². The lowest BCUT2D eigenvalue weighted by Gasteiger charge is -2.21. The fourth-order valence-electron chi connectivity index (χ4n) is 1.30. The summed E-state index contributed by atoms with van der Waals surface area (Å²) in [7, 11) is 0. The summed E-state index contributed by atoms with van der Waals surface area (Å²) in [6.45, 7) is 7.27. The van der Waals surface area contributed by atoms with Gasteiger partial charge >= 0.3 is 5.97 Å². The van der Waals surface area contributed by atoms with E-state index in [1.807, 2.05) is 20.8 Å². The van der Waals surface area contributed by atoms with E-state index in [4.69, 9.17) is 4.74 Å². The molecule has 1 heterocycles. The van der Waals surface area contributed by atoms with Gasteiger partial charge in [-0.2, -0.15) is 0 Å². The van der Waals surface area contributed by atoms with Crippen LogP contribution in [0.15, 0.2) is 0 Å². The molecule has 78 valence electrons. The molecule has 3 heteroatoms. The van der Waals surface area contributed by atoms with Gasteiger partial charge in [-0.1, -0.05) is 20.3 Å². The molecule has 0 spiro atoms. The van der Waals surface area contributed by atoms with Crippen LogP contribution >= 0.6 is 0 Å². The molecular formula is C10H21NO2. The summed E-state index contributed by atoms with van der Waals surface area (Å²) < 4.78 is 4.88. The van der Waals surface area contributed by atoms with Crippen molar-refractivity contribution in [1.82, 2.24) is 5.32 Å². The number of hydrogen-bond acceptors (Lipinski definition) is 3. The second-order valence-electron chi connectivity index (χ2n) is 2.75. The number of rotatable bonds is 2. The number of hydrogen-bond donors (Lipinski definition) is 1. The number of nitrogens with one attached hydrogen (secondary N) is 1. The summed E-state index contributed by atoms with van der Waals surface area (Å²) in [5.74, 6) is -0.0906. The molecule has 1 N–H and O–H groups in total. The highest BCUT2D eigenvalue weighted by Crippen LogP contribution is 2.07. The van der Waals surface area contributed by atoms with Crippen LogP contribution in [0.3, 0.4) is 0 Å². The molecule has 1 aliphatic heterocycles. The van der Waals surface area contributed by atoms with E-state index in [0.717, 1.165) is 19.4 Å². The third-order valence-electron chi connectivity index (χ3n) is 1.88. The molecule has 0 aliphatic carbocycles. The van der Waals surface area contributed by atoms with Crippen LogP contribution < -0.4 is 5.32 Å². The van der Waals surface area contributed by atoms with Crippen LogP contribution in [0.4, 0.5) is 0 Å². The highest BCUT2D eigenvalue weighted by atomic mass is 16.5. The minimum Gasteiger partial charge on any atom is -0.465 e. The molecule has 1 aliphatic rings. The molecule has 1 unspecified atom stereocenters. The second kappa shape index (κ2) is 8.05. The predicted molar refractivity (Wildman–Crippen MR) is 53.6 cm³/mol. The molecule has 0 aromatic heterocycles. The first kappa shape index (κ1) is 12.4. The molecule has 0 aromatic carbocycles. The first-order valence-corrected chi connectivity index (χ1v) is 5.24. The van der Waals surface area contributed by atoms with E-state index in [9.17, 15) is 4.79 Å². The Morgan fingerprint density at radius 3 is 2.62 bits per heavy atom. The number of carbonyl (C=O) groups is 1. The summed E-state index contributed by atoms with van der Waals surface area (Å²) in [5, 5.41) is 3.13. The Morgan fingerprint density at radius 1 is 1.46 bits per heavy atom. The quantitative estimate of drug-likeness (QED) is 0.669. The van der Waals surface area contributed by atoms with E-state index in [0.29, 0.717) is 6.61 Å². The normalized spacial score (nSPS) is 21.3. The molecule has 3 nitrogen and oxygen atoms in total. The topological polar surface area (TPSA) is 38.3 Å². The Morgan fingerprint density at radius 2 is 2.15 bits per heavy atom. The van der Waals surface area contributed by atoms with Crippen molar-refractivity contribution in [3.63, 3.8) is 0 Å². The van der Waals surface area contributed by atoms with Gasteiger partial charge in [-0.05, 0) is 26.3 Å². The number of carbonyl (C=O) groups excluding carboxylic acids is 1. The predicted octanol–water partition coefficient (Wildman–Crippen LogP) is 1.72. The fraction of sp³-hybridized carbons (Fsp3) is 0.900. The van der Waals surface area contributed by atoms with Crippen LogP contribution in [-0.2, 0) is 9.53 Å². The fourth-order valence-corrected chi connectivity index (χ4v) is 1.30. The van der Waals surface area contributed by atoms with Crippen molar-refractivity contribution in [3.05, 3.63) is 0 Å². The summed E-state index contributed by atoms with van der Waals surface area (Å²) in [4.78, 5) is 11.1. The van der Waals surface area contributed by atoms with Gasteiger partial charge in [0, 0.05) is 0 Å². The van der Waals surface area contributed by atoms with Crippen LogP contribution in [0.2, 0.25) is 0 Å². The lowest BCUT2D eigenvalue weighted by molar-refractivity contribution is -0.146. The maximum atomic E-state index is 11.1. The SMILES string of the molecule is CC.CCOC(=O)C1CCCCN1. The first-order chi connectivity index (χ1) is 6.34. The first-order valence-electron chi connectivity index (χ1n) is 5.24. The average molecular weight is 187 g/mol. The van der Waals surface area contributed by atoms with Gasteiger partial charge in [0.1, 0.15) is 6.04 Å². The highest BCUT2D eigenvalue weighted by molar-refractivity contribution is 5.75. The van der Waals surface area contributed by atoms with Gasteiger partial charge in [0.15, 0.2) is 0 Å². The van der Waals surface area contributed by atoms with Crippen molar-refractivity contribution in [1.29, 1.82) is 0 Å². The molecule has 1 atom stereocenters. The summed E-state index contributed by atoms with van der Waals surface area (Å²) >= 11 is 0. The zero-order valence-electron chi connectivity index (χ0n) is 8.93. The molecule has 13 heavy (non-hydrogen) atoms. The highest BCUT2D eigenvalue weighted by Gasteiger charge is 2.20. The molecule has 0 saturated carbocycles. The van der Waals surface area contributed by atoms with Gasteiger partial charge in [-0.3, -0.25) is 4.79 Å². The summed E-state index contributed by atoms with van der Waals surface area (Å²) in [5.41, 5.74) is 0. The van der Waals surface area contributed by atoms with Gasteiger partial charge in [0.2, 0.25) is 0 Å². The molecule has 1 rings (SSSR count). The Bertz CT molecular complexity index is 131. The Hall–Kier alpha value is -0.570. The zero-order valence-corrected chi connectivity index (χ0v) is 8.93. The third-order valence-corrected chi connectivity index (χ3v) is 1.88. The van der Waals surface area contributed by atoms with Crippen LogP contribution in [-0.4, -0.2) is 25.2 Å². The number of piperidine rings is 1. The standard InChI is InChI=1S/C8H15NO2.C2H6/c1-2-11-8(10)7-5-3-4-6-9-7;1-2/h7,9H,2-6H2,1H3;1-2H3. The van der Waals surface area contributed by atoms with Crippen molar-refractivity contribution >= 4 is 5.97 Å². The molecule has 1 saturated heterocycles. The summed E-state index contributed by atoms with van der Waals surface area (Å²) in [6, 6.07) is -0.0382. The summed E-state index contributed by atoms with van der Waals surface area (Å²) in [6.07, 6.45) is 3.24. The lowest BCUT2D eigenvalue weighted by atomic mass is 10.1. The molecule has 0 bridgehead atoms. The molecule has 0 aromatic rings. The monoisotopic (exact) mass is 187 g/mol. The van der Waals surface area contributed by atoms with Crippen LogP contribution in [0.25, 0.3) is 0 Å². The minimum absolute atomic E-state index is 0.0382. The zero-order chi connectivity index (χ0) is 10.1. The molecule has 0 radical (unpaired) electrons. The average Bonchev–Trinajstić information content (AvgIpc) is 2.23. The van der Waals surface area contributed by atoms with E-state index >= 15 is 0 Å². The van der Waals surface area contributed by atoms with Crippen LogP contribution in [0.5, 0.6) is 0 Å². The Labute approximate surface area is 80.8 Å². The minimum atomic E-state index is -0.0906. The van der Waals surface area contributed by atoms with Crippen molar-refractivity contribution in [2.24, 2.45) is 0 Å². The van der Waals surface area contributed by atoms with Gasteiger partial charge in [0.25, 0.3) is 0 Å². The molecule has 0 amide bonds. The van der Waals surface area contributed by atoms with Crippen molar-refractivity contribution < 1.29 is 9.53 Å². The largest absolute Gasteiger partial charge is 0.465 e. The van der Waals surface area contributed by atoms with Crippen molar-refractivity contribution in [3.8, 4) is 0 Å². The van der Waals surface area contributed by atoms with E-state index < -0.39 is 0 Å². The van der Waals surface area contributed by atoms with E-state index in [2.05, 4.69) is 5.32 Å². The maximum Gasteiger partial charge on any atom is 0.323 e. The van der Waals surface area contributed by atoms with Crippen molar-refractivity contribution in [2.75, 3.05) is 13.2 Å². The third kappa shape index (κ3) is 4.88. The van der Waals surface area contributed by atoms with Gasteiger partial charge in [0.05, 0.1) is 6.61 Å². The van der Waals surface area contributed by atoms with Gasteiger partial charge < -0.3 is 10.1 Å². The van der Waals surface area contributed by atoms with Crippen LogP contribution in [0, 0.1) is 0 Å². The maximum absolute atomic E-state index is 11.1. The van der Waals surface area contributed by atoms with Gasteiger partial charge in [-0.25, -0.2) is 0 Å². The van der Waals surface area contributed by atoms with Crippen LogP contribution in [0.1, 0.15) is 40.0 Å². The van der Waals surface area contributed by atoms with E-state index in [-0.39, 0.29) is 12.0 Å².